The summed E-state index contributed by atoms with van der Waals surface area (Å²) in [6.45, 7) is 0.452. The Kier molecular flexibility index (Phi) is 3.94. The Labute approximate surface area is 125 Å². The highest BCUT2D eigenvalue weighted by molar-refractivity contribution is 7.89. The molecule has 2 N–H and O–H groups in total. The van der Waals surface area contributed by atoms with Crippen LogP contribution in [0, 0.1) is 0 Å². The van der Waals surface area contributed by atoms with Crippen molar-refractivity contribution in [1.29, 1.82) is 0 Å². The molecule has 1 heterocycles. The number of hydrogen-bond acceptors (Lipinski definition) is 4. The number of aliphatic hydroxyl groups excluding tert-OH is 1. The molecule has 0 atom stereocenters. The molecular weight excluding hydrogens is 290 g/mol. The third-order valence-corrected chi connectivity index (χ3v) is 6.01. The summed E-state index contributed by atoms with van der Waals surface area (Å²) in [7, 11) is -3.62. The summed E-state index contributed by atoms with van der Waals surface area (Å²) < 4.78 is 33.4. The number of aliphatic hydroxyl groups is 1. The van der Waals surface area contributed by atoms with Gasteiger partial charge in [0, 0.05) is 6.42 Å². The predicted molar refractivity (Wildman–Crippen MR) is 78.9 cm³/mol. The third kappa shape index (κ3) is 2.93. The molecule has 0 spiro atoms. The summed E-state index contributed by atoms with van der Waals surface area (Å²) in [5, 5.41) is 9.66. The van der Waals surface area contributed by atoms with Crippen LogP contribution >= 0.6 is 0 Å². The van der Waals surface area contributed by atoms with Crippen LogP contribution in [0.25, 0.3) is 0 Å². The Morgan fingerprint density at radius 3 is 2.71 bits per heavy atom. The highest BCUT2D eigenvalue weighted by atomic mass is 32.2. The lowest BCUT2D eigenvalue weighted by Crippen LogP contribution is -2.52. The summed E-state index contributed by atoms with van der Waals surface area (Å²) in [6, 6.07) is 4.96. The van der Waals surface area contributed by atoms with E-state index in [2.05, 4.69) is 4.72 Å². The molecule has 5 nitrogen and oxygen atoms in total. The first-order chi connectivity index (χ1) is 10.0. The zero-order chi connectivity index (χ0) is 14.9. The van der Waals surface area contributed by atoms with Gasteiger partial charge in [-0.05, 0) is 36.6 Å². The van der Waals surface area contributed by atoms with Crippen LogP contribution in [-0.2, 0) is 16.4 Å². The number of hydrogen-bond donors (Lipinski definition) is 2. The van der Waals surface area contributed by atoms with Gasteiger partial charge in [-0.1, -0.05) is 19.3 Å². The lowest BCUT2D eigenvalue weighted by atomic mass is 9.83. The molecule has 0 radical (unpaired) electrons. The Bertz CT molecular complexity index is 621. The molecule has 1 aromatic rings. The van der Waals surface area contributed by atoms with Crippen molar-refractivity contribution in [2.24, 2.45) is 0 Å². The van der Waals surface area contributed by atoms with E-state index in [0.717, 1.165) is 37.0 Å². The van der Waals surface area contributed by atoms with Crippen LogP contribution in [0.3, 0.4) is 0 Å². The first kappa shape index (κ1) is 14.8. The van der Waals surface area contributed by atoms with E-state index in [1.165, 1.54) is 0 Å². The molecule has 0 amide bonds. The highest BCUT2D eigenvalue weighted by Gasteiger charge is 2.36. The Morgan fingerprint density at radius 2 is 2.00 bits per heavy atom. The minimum atomic E-state index is -3.62. The molecule has 3 rings (SSSR count). The molecule has 1 fully saturated rings. The van der Waals surface area contributed by atoms with E-state index in [9.17, 15) is 13.5 Å². The second-order valence-electron chi connectivity index (χ2n) is 5.97. The fourth-order valence-corrected chi connectivity index (χ4v) is 4.70. The lowest BCUT2D eigenvalue weighted by molar-refractivity contribution is 0.142. The predicted octanol–water partition coefficient (Wildman–Crippen LogP) is 1.59. The minimum Gasteiger partial charge on any atom is -0.493 e. The molecule has 6 heteroatoms. The van der Waals surface area contributed by atoms with Gasteiger partial charge in [-0.15, -0.1) is 0 Å². The van der Waals surface area contributed by atoms with Crippen LogP contribution in [0.4, 0.5) is 0 Å². The van der Waals surface area contributed by atoms with Crippen molar-refractivity contribution in [2.45, 2.75) is 49.0 Å². The zero-order valence-electron chi connectivity index (χ0n) is 12.0. The molecular formula is C15H21NO4S. The molecule has 0 unspecified atom stereocenters. The summed E-state index contributed by atoms with van der Waals surface area (Å²) >= 11 is 0. The smallest absolute Gasteiger partial charge is 0.241 e. The topological polar surface area (TPSA) is 75.6 Å². The van der Waals surface area contributed by atoms with E-state index in [4.69, 9.17) is 4.74 Å². The maximum Gasteiger partial charge on any atom is 0.241 e. The van der Waals surface area contributed by atoms with E-state index in [-0.39, 0.29) is 11.5 Å². The maximum absolute atomic E-state index is 12.6. The van der Waals surface area contributed by atoms with Gasteiger partial charge in [0.1, 0.15) is 5.75 Å². The molecule has 1 aromatic carbocycles. The third-order valence-electron chi connectivity index (χ3n) is 4.44. The van der Waals surface area contributed by atoms with Crippen LogP contribution < -0.4 is 9.46 Å². The standard InChI is InChI=1S/C15H21NO4S/c17-11-15(7-2-1-3-8-15)16-21(18,19)13-4-5-14-12(10-13)6-9-20-14/h4-5,10,16-17H,1-3,6-9,11H2. The van der Waals surface area contributed by atoms with Crippen molar-refractivity contribution in [3.05, 3.63) is 23.8 Å². The van der Waals surface area contributed by atoms with Gasteiger partial charge >= 0.3 is 0 Å². The number of benzene rings is 1. The van der Waals surface area contributed by atoms with Crippen LogP contribution in [-0.4, -0.2) is 32.3 Å². The first-order valence-corrected chi connectivity index (χ1v) is 8.94. The van der Waals surface area contributed by atoms with Crippen LogP contribution in [0.5, 0.6) is 5.75 Å². The largest absolute Gasteiger partial charge is 0.493 e. The van der Waals surface area contributed by atoms with Gasteiger partial charge in [0.15, 0.2) is 0 Å². The molecule has 0 saturated heterocycles. The maximum atomic E-state index is 12.6. The fraction of sp³-hybridized carbons (Fsp3) is 0.600. The van der Waals surface area contributed by atoms with Gasteiger partial charge in [0.05, 0.1) is 23.6 Å². The zero-order valence-corrected chi connectivity index (χ0v) is 12.8. The Balaban J connectivity index is 1.86. The molecule has 2 aliphatic rings. The van der Waals surface area contributed by atoms with Crippen molar-refractivity contribution in [2.75, 3.05) is 13.2 Å². The molecule has 116 valence electrons. The average Bonchev–Trinajstić information content (AvgIpc) is 2.95. The van der Waals surface area contributed by atoms with E-state index in [1.807, 2.05) is 0 Å². The number of nitrogens with one attached hydrogen (secondary N) is 1. The summed E-state index contributed by atoms with van der Waals surface area (Å²) in [4.78, 5) is 0.255. The molecule has 21 heavy (non-hydrogen) atoms. The van der Waals surface area contributed by atoms with Crippen molar-refractivity contribution >= 4 is 10.0 Å². The average molecular weight is 311 g/mol. The molecule has 0 bridgehead atoms. The number of fused-ring (bicyclic) bond motifs is 1. The molecule has 1 saturated carbocycles. The molecule has 1 aliphatic heterocycles. The number of sulfonamides is 1. The quantitative estimate of drug-likeness (QED) is 0.885. The van der Waals surface area contributed by atoms with Crippen molar-refractivity contribution in [3.63, 3.8) is 0 Å². The number of ether oxygens (including phenoxy) is 1. The van der Waals surface area contributed by atoms with Gasteiger partial charge in [0.25, 0.3) is 0 Å². The highest BCUT2D eigenvalue weighted by Crippen LogP contribution is 2.31. The van der Waals surface area contributed by atoms with E-state index >= 15 is 0 Å². The Hall–Kier alpha value is -1.11. The normalized spacial score (nSPS) is 20.8. The lowest BCUT2D eigenvalue weighted by Gasteiger charge is -2.36. The van der Waals surface area contributed by atoms with Crippen molar-refractivity contribution in [1.82, 2.24) is 4.72 Å². The first-order valence-electron chi connectivity index (χ1n) is 7.45. The van der Waals surface area contributed by atoms with Gasteiger partial charge in [-0.2, -0.15) is 0 Å². The van der Waals surface area contributed by atoms with Crippen LogP contribution in [0.2, 0.25) is 0 Å². The fourth-order valence-electron chi connectivity index (χ4n) is 3.20. The summed E-state index contributed by atoms with van der Waals surface area (Å²) in [5.41, 5.74) is 0.228. The van der Waals surface area contributed by atoms with E-state index < -0.39 is 15.6 Å². The van der Waals surface area contributed by atoms with Gasteiger partial charge in [0.2, 0.25) is 10.0 Å². The van der Waals surface area contributed by atoms with E-state index in [0.29, 0.717) is 19.4 Å². The molecule has 1 aliphatic carbocycles. The van der Waals surface area contributed by atoms with Gasteiger partial charge in [-0.25, -0.2) is 13.1 Å². The van der Waals surface area contributed by atoms with Gasteiger partial charge in [-0.3, -0.25) is 0 Å². The second kappa shape index (κ2) is 5.59. The van der Waals surface area contributed by atoms with Crippen LogP contribution in [0.1, 0.15) is 37.7 Å². The number of rotatable bonds is 4. The van der Waals surface area contributed by atoms with E-state index in [1.54, 1.807) is 18.2 Å². The van der Waals surface area contributed by atoms with Crippen LogP contribution in [0.15, 0.2) is 23.1 Å². The summed E-state index contributed by atoms with van der Waals surface area (Å²) in [5.74, 6) is 0.767. The summed E-state index contributed by atoms with van der Waals surface area (Å²) in [6.07, 6.45) is 5.11. The molecule has 0 aromatic heterocycles. The Morgan fingerprint density at radius 1 is 1.24 bits per heavy atom. The minimum absolute atomic E-state index is 0.152. The van der Waals surface area contributed by atoms with Crippen molar-refractivity contribution in [3.8, 4) is 5.75 Å². The second-order valence-corrected chi connectivity index (χ2v) is 7.65. The monoisotopic (exact) mass is 311 g/mol. The SMILES string of the molecule is O=S(=O)(NC1(CO)CCCCC1)c1ccc2c(c1)CCO2. The van der Waals surface area contributed by atoms with Gasteiger partial charge < -0.3 is 9.84 Å². The van der Waals surface area contributed by atoms with Crippen molar-refractivity contribution < 1.29 is 18.3 Å².